The van der Waals surface area contributed by atoms with Gasteiger partial charge in [-0.15, -0.1) is 10.2 Å². The van der Waals surface area contributed by atoms with Crippen LogP contribution in [0.2, 0.25) is 0 Å². The molecule has 166 valence electrons. The monoisotopic (exact) mass is 459 g/mol. The van der Waals surface area contributed by atoms with E-state index in [1.807, 2.05) is 54.6 Å². The number of aryl methyl sites for hydroxylation is 1. The lowest BCUT2D eigenvalue weighted by Crippen LogP contribution is -2.41. The lowest BCUT2D eigenvalue weighted by Gasteiger charge is -2.33. The fraction of sp³-hybridized carbons (Fsp3) is 0.160. The average Bonchev–Trinajstić information content (AvgIpc) is 3.28. The van der Waals surface area contributed by atoms with Crippen molar-refractivity contribution < 1.29 is 9.18 Å². The maximum Gasteiger partial charge on any atom is 0.240 e. The number of aromatic nitrogens is 3. The van der Waals surface area contributed by atoms with Crippen molar-refractivity contribution in [3.05, 3.63) is 95.8 Å². The maximum absolute atomic E-state index is 13.6. The molecular weight excluding hydrogens is 437 g/mol. The van der Waals surface area contributed by atoms with Gasteiger partial charge in [0.05, 0.1) is 6.04 Å². The quantitative estimate of drug-likeness (QED) is 0.437. The fourth-order valence-electron chi connectivity index (χ4n) is 3.79. The van der Waals surface area contributed by atoms with Gasteiger partial charge >= 0.3 is 0 Å². The van der Waals surface area contributed by atoms with Crippen LogP contribution in [0.3, 0.4) is 0 Å². The lowest BCUT2D eigenvalue weighted by atomic mass is 10.0. The number of hydrogen-bond acceptors (Lipinski definition) is 5. The Balaban J connectivity index is 1.48. The summed E-state index contributed by atoms with van der Waals surface area (Å²) in [5.41, 5.74) is 7.03. The molecule has 2 unspecified atom stereocenters. The van der Waals surface area contributed by atoms with E-state index in [0.29, 0.717) is 11.0 Å². The molecule has 8 heteroatoms. The molecule has 0 bridgehead atoms. The van der Waals surface area contributed by atoms with E-state index in [4.69, 9.17) is 0 Å². The summed E-state index contributed by atoms with van der Waals surface area (Å²) < 4.78 is 15.4. The van der Waals surface area contributed by atoms with E-state index in [9.17, 15) is 9.18 Å². The van der Waals surface area contributed by atoms with Gasteiger partial charge in [0.25, 0.3) is 0 Å². The number of carbonyl (C=O) groups is 1. The van der Waals surface area contributed by atoms with Crippen LogP contribution in [0.5, 0.6) is 0 Å². The first-order valence-corrected chi connectivity index (χ1v) is 11.6. The molecule has 0 saturated carbocycles. The van der Waals surface area contributed by atoms with Crippen molar-refractivity contribution in [3.63, 3.8) is 0 Å². The van der Waals surface area contributed by atoms with Gasteiger partial charge in [0, 0.05) is 11.3 Å². The van der Waals surface area contributed by atoms with E-state index in [2.05, 4.69) is 27.9 Å². The zero-order valence-electron chi connectivity index (χ0n) is 17.9. The van der Waals surface area contributed by atoms with Crippen LogP contribution in [-0.4, -0.2) is 26.0 Å². The van der Waals surface area contributed by atoms with Gasteiger partial charge in [-0.3, -0.25) is 4.79 Å². The summed E-state index contributed by atoms with van der Waals surface area (Å²) in [6.07, 6.45) is 0.933. The predicted molar refractivity (Wildman–Crippen MR) is 128 cm³/mol. The topological polar surface area (TPSA) is 71.8 Å². The number of hydrogen-bond donors (Lipinski definition) is 2. The molecule has 1 aliphatic rings. The van der Waals surface area contributed by atoms with Crippen molar-refractivity contribution in [1.82, 2.24) is 14.9 Å². The standard InChI is InChI=1S/C25H22FN5OS/c1-2-16-8-14-20(15-9-16)27-24(32)22-21(17-10-12-19(26)13-11-17)30-31-23(28-29-25(31)33-22)18-6-4-3-5-7-18/h3-15,21-22,30H,2H2,1H3,(H,27,32). The summed E-state index contributed by atoms with van der Waals surface area (Å²) in [5, 5.41) is 11.7. The molecule has 33 heavy (non-hydrogen) atoms. The number of halogens is 1. The number of nitrogens with one attached hydrogen (secondary N) is 2. The van der Waals surface area contributed by atoms with Gasteiger partial charge in [-0.05, 0) is 41.8 Å². The molecule has 3 aromatic carbocycles. The summed E-state index contributed by atoms with van der Waals surface area (Å²) in [6, 6.07) is 23.3. The second-order valence-electron chi connectivity index (χ2n) is 7.74. The number of carbonyl (C=O) groups excluding carboxylic acids is 1. The predicted octanol–water partition coefficient (Wildman–Crippen LogP) is 5.04. The van der Waals surface area contributed by atoms with Gasteiger partial charge < -0.3 is 10.7 Å². The van der Waals surface area contributed by atoms with Crippen LogP contribution < -0.4 is 10.7 Å². The fourth-order valence-corrected chi connectivity index (χ4v) is 4.87. The van der Waals surface area contributed by atoms with Crippen LogP contribution in [0.15, 0.2) is 84.0 Å². The van der Waals surface area contributed by atoms with Crippen molar-refractivity contribution in [1.29, 1.82) is 0 Å². The van der Waals surface area contributed by atoms with Crippen LogP contribution in [0.25, 0.3) is 11.4 Å². The first-order valence-electron chi connectivity index (χ1n) is 10.7. The molecule has 6 nitrogen and oxygen atoms in total. The second kappa shape index (κ2) is 9.07. The van der Waals surface area contributed by atoms with Crippen molar-refractivity contribution in [3.8, 4) is 11.4 Å². The Hall–Kier alpha value is -3.65. The molecule has 0 saturated heterocycles. The highest BCUT2D eigenvalue weighted by Gasteiger charge is 2.38. The molecule has 5 rings (SSSR count). The zero-order valence-corrected chi connectivity index (χ0v) is 18.7. The minimum atomic E-state index is -0.540. The lowest BCUT2D eigenvalue weighted by molar-refractivity contribution is -0.116. The van der Waals surface area contributed by atoms with Crippen LogP contribution in [0.4, 0.5) is 10.1 Å². The molecule has 2 atom stereocenters. The molecule has 1 aliphatic heterocycles. The summed E-state index contributed by atoms with van der Waals surface area (Å²) in [7, 11) is 0. The number of amides is 1. The number of anilines is 1. The van der Waals surface area contributed by atoms with E-state index in [0.717, 1.165) is 23.2 Å². The third-order valence-corrected chi connectivity index (χ3v) is 6.80. The SMILES string of the molecule is CCc1ccc(NC(=O)C2Sc3nnc(-c4ccccc4)n3NC2c2ccc(F)cc2)cc1. The first-order chi connectivity index (χ1) is 16.1. The Bertz CT molecular complexity index is 1260. The molecule has 1 amide bonds. The molecule has 0 radical (unpaired) electrons. The minimum absolute atomic E-state index is 0.165. The van der Waals surface area contributed by atoms with Gasteiger partial charge in [0.1, 0.15) is 11.1 Å². The Labute approximate surface area is 195 Å². The van der Waals surface area contributed by atoms with E-state index < -0.39 is 11.3 Å². The molecule has 4 aromatic rings. The number of fused-ring (bicyclic) bond motifs is 1. The van der Waals surface area contributed by atoms with Crippen molar-refractivity contribution in [2.75, 3.05) is 10.7 Å². The van der Waals surface area contributed by atoms with Gasteiger partial charge in [-0.2, -0.15) is 0 Å². The number of benzene rings is 3. The Kier molecular flexibility index (Phi) is 5.83. The van der Waals surface area contributed by atoms with E-state index >= 15 is 0 Å². The summed E-state index contributed by atoms with van der Waals surface area (Å²) in [4.78, 5) is 13.4. The van der Waals surface area contributed by atoms with E-state index in [-0.39, 0.29) is 11.7 Å². The summed E-state index contributed by atoms with van der Waals surface area (Å²) >= 11 is 1.34. The highest BCUT2D eigenvalue weighted by Crippen LogP contribution is 2.39. The van der Waals surface area contributed by atoms with Crippen LogP contribution in [0, 0.1) is 5.82 Å². The van der Waals surface area contributed by atoms with Gasteiger partial charge in [-0.25, -0.2) is 9.07 Å². The third kappa shape index (κ3) is 4.34. The Morgan fingerprint density at radius 3 is 2.45 bits per heavy atom. The van der Waals surface area contributed by atoms with E-state index in [1.165, 1.54) is 29.5 Å². The first kappa shape index (κ1) is 21.2. The van der Waals surface area contributed by atoms with Gasteiger partial charge in [-0.1, -0.05) is 73.3 Å². The Morgan fingerprint density at radius 1 is 1.03 bits per heavy atom. The minimum Gasteiger partial charge on any atom is -0.325 e. The maximum atomic E-state index is 13.6. The average molecular weight is 460 g/mol. The van der Waals surface area contributed by atoms with Crippen molar-refractivity contribution in [2.24, 2.45) is 0 Å². The highest BCUT2D eigenvalue weighted by atomic mass is 32.2. The molecule has 0 fully saturated rings. The molecule has 1 aromatic heterocycles. The molecule has 0 aliphatic carbocycles. The third-order valence-electron chi connectivity index (χ3n) is 5.59. The molecule has 2 heterocycles. The van der Waals surface area contributed by atoms with Crippen LogP contribution in [-0.2, 0) is 11.2 Å². The summed E-state index contributed by atoms with van der Waals surface area (Å²) in [6.45, 7) is 2.09. The molecule has 2 N–H and O–H groups in total. The van der Waals surface area contributed by atoms with E-state index in [1.54, 1.807) is 16.8 Å². The number of thioether (sulfide) groups is 1. The number of rotatable bonds is 5. The molecular formula is C25H22FN5OS. The van der Waals surface area contributed by atoms with Crippen molar-refractivity contribution in [2.45, 2.75) is 29.8 Å². The summed E-state index contributed by atoms with van der Waals surface area (Å²) in [5.74, 6) is 0.162. The van der Waals surface area contributed by atoms with Gasteiger partial charge in [0.2, 0.25) is 11.1 Å². The zero-order chi connectivity index (χ0) is 22.8. The van der Waals surface area contributed by atoms with Crippen LogP contribution >= 0.6 is 11.8 Å². The largest absolute Gasteiger partial charge is 0.325 e. The van der Waals surface area contributed by atoms with Gasteiger partial charge in [0.15, 0.2) is 5.82 Å². The molecule has 0 spiro atoms. The second-order valence-corrected chi connectivity index (χ2v) is 8.85. The van der Waals surface area contributed by atoms with Crippen molar-refractivity contribution >= 4 is 23.4 Å². The smallest absolute Gasteiger partial charge is 0.240 e. The normalized spacial score (nSPS) is 17.2. The highest BCUT2D eigenvalue weighted by molar-refractivity contribution is 8.00. The number of nitrogens with zero attached hydrogens (tertiary/aromatic N) is 3. The Morgan fingerprint density at radius 2 is 1.76 bits per heavy atom. The van der Waals surface area contributed by atoms with Crippen LogP contribution in [0.1, 0.15) is 24.1 Å².